The van der Waals surface area contributed by atoms with Crippen LogP contribution in [-0.4, -0.2) is 16.8 Å². The third kappa shape index (κ3) is 4.07. The predicted molar refractivity (Wildman–Crippen MR) is 83.0 cm³/mol. The molecule has 1 aromatic heterocycles. The highest BCUT2D eigenvalue weighted by Gasteiger charge is 2.16. The Hall–Kier alpha value is -1.82. The predicted octanol–water partition coefficient (Wildman–Crippen LogP) is 3.62. The number of nitrogens with zero attached hydrogens (tertiary/aromatic N) is 1. The molecule has 0 unspecified atom stereocenters. The van der Waals surface area contributed by atoms with Crippen LogP contribution < -0.4 is 10.6 Å². The lowest BCUT2D eigenvalue weighted by molar-refractivity contribution is -0.132. The fourth-order valence-electron chi connectivity index (χ4n) is 1.43. The maximum atomic E-state index is 11.8. The molecule has 5 nitrogen and oxygen atoms in total. The summed E-state index contributed by atoms with van der Waals surface area (Å²) >= 11 is 17.4. The van der Waals surface area contributed by atoms with Gasteiger partial charge in [-0.25, -0.2) is 4.98 Å². The van der Waals surface area contributed by atoms with Gasteiger partial charge in [0.05, 0.1) is 16.4 Å². The molecule has 8 heteroatoms. The van der Waals surface area contributed by atoms with E-state index in [1.807, 2.05) is 0 Å². The van der Waals surface area contributed by atoms with Crippen molar-refractivity contribution in [2.45, 2.75) is 0 Å². The van der Waals surface area contributed by atoms with E-state index in [9.17, 15) is 9.59 Å². The Morgan fingerprint density at radius 1 is 0.952 bits per heavy atom. The molecule has 0 saturated heterocycles. The lowest BCUT2D eigenvalue weighted by atomic mass is 10.3. The lowest BCUT2D eigenvalue weighted by Gasteiger charge is -2.08. The van der Waals surface area contributed by atoms with Gasteiger partial charge in [0.15, 0.2) is 5.15 Å². The molecule has 0 bridgehead atoms. The number of hydrogen-bond acceptors (Lipinski definition) is 3. The van der Waals surface area contributed by atoms with E-state index < -0.39 is 11.8 Å². The molecule has 0 fully saturated rings. The third-order valence-corrected chi connectivity index (χ3v) is 3.24. The zero-order valence-electron chi connectivity index (χ0n) is 10.4. The Balaban J connectivity index is 2.06. The number of nitrogens with one attached hydrogen (secondary N) is 2. The summed E-state index contributed by atoms with van der Waals surface area (Å²) in [7, 11) is 0. The van der Waals surface area contributed by atoms with Gasteiger partial charge in [-0.05, 0) is 30.3 Å². The van der Waals surface area contributed by atoms with E-state index in [2.05, 4.69) is 15.6 Å². The molecular formula is C13H8Cl3N3O2. The van der Waals surface area contributed by atoms with Crippen LogP contribution in [0.4, 0.5) is 11.4 Å². The molecule has 2 aromatic rings. The average Bonchev–Trinajstić information content (AvgIpc) is 2.44. The van der Waals surface area contributed by atoms with E-state index in [1.54, 1.807) is 12.1 Å². The Morgan fingerprint density at radius 3 is 2.24 bits per heavy atom. The number of halogens is 3. The van der Waals surface area contributed by atoms with Crippen LogP contribution in [0.2, 0.25) is 15.2 Å². The second kappa shape index (κ2) is 6.76. The summed E-state index contributed by atoms with van der Waals surface area (Å²) in [5.74, 6) is -1.78. The van der Waals surface area contributed by atoms with Crippen LogP contribution in [0, 0.1) is 0 Å². The number of aromatic nitrogens is 1. The van der Waals surface area contributed by atoms with E-state index in [4.69, 9.17) is 34.8 Å². The summed E-state index contributed by atoms with van der Waals surface area (Å²) in [5.41, 5.74) is 0.514. The SMILES string of the molecule is O=C(Nc1ccc(Cl)cc1Cl)C(=O)Nc1cccnc1Cl. The smallest absolute Gasteiger partial charge is 0.314 e. The van der Waals surface area contributed by atoms with Gasteiger partial charge < -0.3 is 10.6 Å². The van der Waals surface area contributed by atoms with Crippen LogP contribution in [0.3, 0.4) is 0 Å². The quantitative estimate of drug-likeness (QED) is 0.645. The number of pyridine rings is 1. The second-order valence-corrected chi connectivity index (χ2v) is 5.08. The van der Waals surface area contributed by atoms with Gasteiger partial charge in [0.25, 0.3) is 0 Å². The van der Waals surface area contributed by atoms with Gasteiger partial charge in [-0.15, -0.1) is 0 Å². The van der Waals surface area contributed by atoms with Gasteiger partial charge in [-0.1, -0.05) is 34.8 Å². The Labute approximate surface area is 135 Å². The minimum Gasteiger partial charge on any atom is -0.316 e. The van der Waals surface area contributed by atoms with Crippen molar-refractivity contribution in [1.29, 1.82) is 0 Å². The first-order chi connectivity index (χ1) is 9.97. The normalized spacial score (nSPS) is 10.0. The molecule has 0 spiro atoms. The van der Waals surface area contributed by atoms with E-state index in [0.29, 0.717) is 5.02 Å². The Morgan fingerprint density at radius 2 is 1.62 bits per heavy atom. The Kier molecular flexibility index (Phi) is 5.01. The lowest BCUT2D eigenvalue weighted by Crippen LogP contribution is -2.29. The van der Waals surface area contributed by atoms with Crippen LogP contribution in [0.1, 0.15) is 0 Å². The van der Waals surface area contributed by atoms with Crippen molar-refractivity contribution in [3.8, 4) is 0 Å². The van der Waals surface area contributed by atoms with Crippen molar-refractivity contribution in [2.24, 2.45) is 0 Å². The molecule has 0 aliphatic rings. The van der Waals surface area contributed by atoms with Crippen molar-refractivity contribution in [2.75, 3.05) is 10.6 Å². The molecule has 108 valence electrons. The summed E-state index contributed by atoms with van der Waals surface area (Å²) in [5, 5.41) is 5.45. The largest absolute Gasteiger partial charge is 0.316 e. The van der Waals surface area contributed by atoms with Crippen molar-refractivity contribution >= 4 is 58.0 Å². The first kappa shape index (κ1) is 15.6. The van der Waals surface area contributed by atoms with Gasteiger partial charge in [-0.2, -0.15) is 0 Å². The standard InChI is InChI=1S/C13H8Cl3N3O2/c14-7-3-4-9(8(15)6-7)18-12(20)13(21)19-10-2-1-5-17-11(10)16/h1-6H,(H,18,20)(H,19,21). The summed E-state index contributed by atoms with van der Waals surface area (Å²) < 4.78 is 0. The molecule has 21 heavy (non-hydrogen) atoms. The summed E-state index contributed by atoms with van der Waals surface area (Å²) in [4.78, 5) is 27.3. The van der Waals surface area contributed by atoms with E-state index in [0.717, 1.165) is 0 Å². The molecule has 0 saturated carbocycles. The second-order valence-electron chi connectivity index (χ2n) is 3.87. The summed E-state index contributed by atoms with van der Waals surface area (Å²) in [6.45, 7) is 0. The number of anilines is 2. The highest BCUT2D eigenvalue weighted by molar-refractivity contribution is 6.45. The topological polar surface area (TPSA) is 71.1 Å². The highest BCUT2D eigenvalue weighted by Crippen LogP contribution is 2.25. The minimum atomic E-state index is -0.893. The van der Waals surface area contributed by atoms with Gasteiger partial charge in [0.1, 0.15) is 0 Å². The molecule has 0 aliphatic heterocycles. The van der Waals surface area contributed by atoms with Crippen LogP contribution in [-0.2, 0) is 9.59 Å². The van der Waals surface area contributed by atoms with Crippen molar-refractivity contribution in [3.05, 3.63) is 51.7 Å². The number of rotatable bonds is 2. The van der Waals surface area contributed by atoms with Gasteiger partial charge in [0.2, 0.25) is 0 Å². The van der Waals surface area contributed by atoms with E-state index >= 15 is 0 Å². The van der Waals surface area contributed by atoms with Crippen LogP contribution in [0.25, 0.3) is 0 Å². The van der Waals surface area contributed by atoms with E-state index in [-0.39, 0.29) is 21.6 Å². The summed E-state index contributed by atoms with van der Waals surface area (Å²) in [6.07, 6.45) is 1.46. The maximum absolute atomic E-state index is 11.8. The number of carbonyl (C=O) groups is 2. The van der Waals surface area contributed by atoms with Gasteiger partial charge in [0, 0.05) is 11.2 Å². The van der Waals surface area contributed by atoms with Crippen molar-refractivity contribution in [1.82, 2.24) is 4.98 Å². The molecule has 1 aromatic carbocycles. The van der Waals surface area contributed by atoms with E-state index in [1.165, 1.54) is 24.4 Å². The molecule has 0 radical (unpaired) electrons. The van der Waals surface area contributed by atoms with Gasteiger partial charge >= 0.3 is 11.8 Å². The molecule has 0 aliphatic carbocycles. The zero-order chi connectivity index (χ0) is 15.4. The van der Waals surface area contributed by atoms with Crippen molar-refractivity contribution < 1.29 is 9.59 Å². The molecule has 1 heterocycles. The number of hydrogen-bond donors (Lipinski definition) is 2. The van der Waals surface area contributed by atoms with Crippen LogP contribution >= 0.6 is 34.8 Å². The van der Waals surface area contributed by atoms with Crippen LogP contribution in [0.5, 0.6) is 0 Å². The number of benzene rings is 1. The number of carbonyl (C=O) groups excluding carboxylic acids is 2. The fourth-order valence-corrected chi connectivity index (χ4v) is 2.05. The minimum absolute atomic E-state index is 0.0863. The number of amides is 2. The molecule has 2 rings (SSSR count). The molecule has 0 atom stereocenters. The van der Waals surface area contributed by atoms with Gasteiger partial charge in [-0.3, -0.25) is 9.59 Å². The first-order valence-corrected chi connectivity index (χ1v) is 6.78. The zero-order valence-corrected chi connectivity index (χ0v) is 12.6. The van der Waals surface area contributed by atoms with Crippen LogP contribution in [0.15, 0.2) is 36.5 Å². The average molecular weight is 345 g/mol. The summed E-state index contributed by atoms with van der Waals surface area (Å²) in [6, 6.07) is 7.59. The Bertz CT molecular complexity index is 707. The third-order valence-electron chi connectivity index (χ3n) is 2.39. The molecular weight excluding hydrogens is 337 g/mol. The first-order valence-electron chi connectivity index (χ1n) is 5.65. The van der Waals surface area contributed by atoms with Crippen molar-refractivity contribution in [3.63, 3.8) is 0 Å². The molecule has 2 amide bonds. The molecule has 2 N–H and O–H groups in total. The monoisotopic (exact) mass is 343 g/mol. The maximum Gasteiger partial charge on any atom is 0.314 e. The fraction of sp³-hybridized carbons (Fsp3) is 0. The highest BCUT2D eigenvalue weighted by atomic mass is 35.5.